The van der Waals surface area contributed by atoms with Gasteiger partial charge in [-0.2, -0.15) is 0 Å². The fourth-order valence-corrected chi connectivity index (χ4v) is 2.78. The molecular formula is C21H28N6O. The summed E-state index contributed by atoms with van der Waals surface area (Å²) < 4.78 is 7.43. The molecule has 2 N–H and O–H groups in total. The van der Waals surface area contributed by atoms with Crippen molar-refractivity contribution in [1.29, 1.82) is 0 Å². The van der Waals surface area contributed by atoms with E-state index in [1.165, 1.54) is 5.56 Å². The number of hydrogen-bond donors (Lipinski definition) is 2. The minimum atomic E-state index is 0.356. The first-order valence-corrected chi connectivity index (χ1v) is 9.65. The fourth-order valence-electron chi connectivity index (χ4n) is 2.78. The molecule has 3 aromatic rings. The lowest BCUT2D eigenvalue weighted by atomic mass is 10.1. The van der Waals surface area contributed by atoms with E-state index in [1.807, 2.05) is 25.5 Å². The molecule has 0 unspecified atom stereocenters. The molecule has 0 amide bonds. The van der Waals surface area contributed by atoms with Crippen molar-refractivity contribution in [2.75, 3.05) is 6.54 Å². The van der Waals surface area contributed by atoms with Crippen LogP contribution in [0.2, 0.25) is 0 Å². The Morgan fingerprint density at radius 1 is 1.21 bits per heavy atom. The van der Waals surface area contributed by atoms with Gasteiger partial charge in [-0.1, -0.05) is 43.3 Å². The maximum atomic E-state index is 5.38. The second kappa shape index (κ2) is 9.73. The van der Waals surface area contributed by atoms with Crippen molar-refractivity contribution >= 4 is 5.96 Å². The quantitative estimate of drug-likeness (QED) is 0.463. The van der Waals surface area contributed by atoms with Crippen molar-refractivity contribution in [2.45, 2.75) is 46.3 Å². The van der Waals surface area contributed by atoms with Crippen LogP contribution in [0.5, 0.6) is 0 Å². The van der Waals surface area contributed by atoms with E-state index < -0.39 is 0 Å². The molecule has 7 heteroatoms. The molecule has 0 aliphatic heterocycles. The molecule has 0 radical (unpaired) electrons. The second-order valence-corrected chi connectivity index (χ2v) is 6.98. The molecule has 0 bridgehead atoms. The lowest BCUT2D eigenvalue weighted by molar-refractivity contribution is 0.372. The average Bonchev–Trinajstić information content (AvgIpc) is 3.36. The van der Waals surface area contributed by atoms with Crippen LogP contribution in [0.1, 0.15) is 49.3 Å². The SMILES string of the molecule is CCNC(=NCc1cccc(Cn2ccnc2)c1)NCc1cc(C(C)C)no1. The Hall–Kier alpha value is -3.09. The molecule has 28 heavy (non-hydrogen) atoms. The number of nitrogens with zero attached hydrogens (tertiary/aromatic N) is 4. The van der Waals surface area contributed by atoms with Crippen molar-refractivity contribution < 1.29 is 4.52 Å². The van der Waals surface area contributed by atoms with Gasteiger partial charge in [-0.25, -0.2) is 9.98 Å². The van der Waals surface area contributed by atoms with Gasteiger partial charge in [0.15, 0.2) is 11.7 Å². The number of imidazole rings is 1. The maximum absolute atomic E-state index is 5.38. The van der Waals surface area contributed by atoms with Crippen LogP contribution in [0.15, 0.2) is 58.6 Å². The van der Waals surface area contributed by atoms with Crippen LogP contribution in [0.3, 0.4) is 0 Å². The van der Waals surface area contributed by atoms with Crippen LogP contribution in [0.25, 0.3) is 0 Å². The van der Waals surface area contributed by atoms with Gasteiger partial charge in [-0.05, 0) is 24.0 Å². The van der Waals surface area contributed by atoms with Crippen LogP contribution in [-0.4, -0.2) is 27.2 Å². The van der Waals surface area contributed by atoms with Crippen LogP contribution in [-0.2, 0) is 19.6 Å². The first kappa shape index (κ1) is 19.7. The number of aliphatic imine (C=N–C) groups is 1. The minimum Gasteiger partial charge on any atom is -0.359 e. The summed E-state index contributed by atoms with van der Waals surface area (Å²) in [5.74, 6) is 1.91. The molecule has 0 aliphatic carbocycles. The molecule has 0 aliphatic rings. The molecule has 2 heterocycles. The minimum absolute atomic E-state index is 0.356. The van der Waals surface area contributed by atoms with E-state index in [4.69, 9.17) is 9.52 Å². The zero-order valence-corrected chi connectivity index (χ0v) is 16.7. The van der Waals surface area contributed by atoms with Gasteiger partial charge in [0.1, 0.15) is 0 Å². The Morgan fingerprint density at radius 2 is 2.07 bits per heavy atom. The highest BCUT2D eigenvalue weighted by atomic mass is 16.5. The first-order valence-electron chi connectivity index (χ1n) is 9.65. The molecule has 0 saturated carbocycles. The van der Waals surface area contributed by atoms with E-state index in [1.54, 1.807) is 6.20 Å². The van der Waals surface area contributed by atoms with Crippen molar-refractivity contribution in [3.05, 3.63) is 71.6 Å². The summed E-state index contributed by atoms with van der Waals surface area (Å²) in [6, 6.07) is 10.4. The summed E-state index contributed by atoms with van der Waals surface area (Å²) in [7, 11) is 0. The average molecular weight is 380 g/mol. The zero-order valence-electron chi connectivity index (χ0n) is 16.7. The number of benzene rings is 1. The predicted octanol–water partition coefficient (Wildman–Crippen LogP) is 3.30. The number of nitrogens with one attached hydrogen (secondary N) is 2. The molecular weight excluding hydrogens is 352 g/mol. The first-order chi connectivity index (χ1) is 13.6. The van der Waals surface area contributed by atoms with Crippen molar-refractivity contribution in [3.63, 3.8) is 0 Å². The third-order valence-corrected chi connectivity index (χ3v) is 4.28. The van der Waals surface area contributed by atoms with E-state index in [0.29, 0.717) is 19.0 Å². The Labute approximate surface area is 165 Å². The third-order valence-electron chi connectivity index (χ3n) is 4.28. The molecule has 0 atom stereocenters. The van der Waals surface area contributed by atoms with Gasteiger partial charge in [0.2, 0.25) is 0 Å². The molecule has 0 saturated heterocycles. The predicted molar refractivity (Wildman–Crippen MR) is 110 cm³/mol. The Morgan fingerprint density at radius 3 is 2.79 bits per heavy atom. The highest BCUT2D eigenvalue weighted by molar-refractivity contribution is 5.79. The number of rotatable bonds is 8. The lowest BCUT2D eigenvalue weighted by Gasteiger charge is -2.10. The highest BCUT2D eigenvalue weighted by Gasteiger charge is 2.08. The Balaban J connectivity index is 1.60. The van der Waals surface area contributed by atoms with E-state index in [9.17, 15) is 0 Å². The highest BCUT2D eigenvalue weighted by Crippen LogP contribution is 2.13. The maximum Gasteiger partial charge on any atom is 0.191 e. The summed E-state index contributed by atoms with van der Waals surface area (Å²) >= 11 is 0. The topological polar surface area (TPSA) is 80.3 Å². The van der Waals surface area contributed by atoms with Crippen molar-refractivity contribution in [2.24, 2.45) is 4.99 Å². The van der Waals surface area contributed by atoms with Crippen molar-refractivity contribution in [3.8, 4) is 0 Å². The van der Waals surface area contributed by atoms with E-state index in [0.717, 1.165) is 36.1 Å². The molecule has 7 nitrogen and oxygen atoms in total. The van der Waals surface area contributed by atoms with Crippen LogP contribution < -0.4 is 10.6 Å². The summed E-state index contributed by atoms with van der Waals surface area (Å²) in [6.45, 7) is 8.99. The molecule has 3 rings (SSSR count). The van der Waals surface area contributed by atoms with Gasteiger partial charge in [-0.3, -0.25) is 0 Å². The number of guanidine groups is 1. The normalized spacial score (nSPS) is 11.8. The largest absolute Gasteiger partial charge is 0.359 e. The van der Waals surface area contributed by atoms with Gasteiger partial charge in [0, 0.05) is 31.5 Å². The number of hydrogen-bond acceptors (Lipinski definition) is 4. The molecule has 2 aromatic heterocycles. The molecule has 0 fully saturated rings. The molecule has 1 aromatic carbocycles. The molecule has 0 spiro atoms. The standard InChI is InChI=1S/C21H28N6O/c1-4-23-21(25-13-19-11-20(16(2)3)26-28-19)24-12-17-6-5-7-18(10-17)14-27-9-8-22-15-27/h5-11,15-16H,4,12-14H2,1-3H3,(H2,23,24,25). The Kier molecular flexibility index (Phi) is 6.84. The van der Waals surface area contributed by atoms with E-state index in [2.05, 4.69) is 63.5 Å². The van der Waals surface area contributed by atoms with Gasteiger partial charge < -0.3 is 19.7 Å². The van der Waals surface area contributed by atoms with Gasteiger partial charge in [0.05, 0.1) is 25.1 Å². The third kappa shape index (κ3) is 5.70. The van der Waals surface area contributed by atoms with Crippen LogP contribution in [0.4, 0.5) is 0 Å². The van der Waals surface area contributed by atoms with E-state index >= 15 is 0 Å². The van der Waals surface area contributed by atoms with E-state index in [-0.39, 0.29) is 0 Å². The fraction of sp³-hybridized carbons (Fsp3) is 0.381. The van der Waals surface area contributed by atoms with Crippen molar-refractivity contribution in [1.82, 2.24) is 25.3 Å². The Bertz CT molecular complexity index is 882. The summed E-state index contributed by atoms with van der Waals surface area (Å²) in [6.07, 6.45) is 5.58. The molecule has 148 valence electrons. The van der Waals surface area contributed by atoms with Gasteiger partial charge >= 0.3 is 0 Å². The van der Waals surface area contributed by atoms with Gasteiger partial charge in [0.25, 0.3) is 0 Å². The summed E-state index contributed by atoms with van der Waals surface area (Å²) in [5.41, 5.74) is 3.36. The number of aromatic nitrogens is 3. The smallest absolute Gasteiger partial charge is 0.191 e. The van der Waals surface area contributed by atoms with Crippen LogP contribution in [0, 0.1) is 0 Å². The summed E-state index contributed by atoms with van der Waals surface area (Å²) in [5, 5.41) is 10.7. The monoisotopic (exact) mass is 380 g/mol. The van der Waals surface area contributed by atoms with Gasteiger partial charge in [-0.15, -0.1) is 0 Å². The van der Waals surface area contributed by atoms with Crippen LogP contribution >= 0.6 is 0 Å². The zero-order chi connectivity index (χ0) is 19.8. The lowest BCUT2D eigenvalue weighted by Crippen LogP contribution is -2.36. The second-order valence-electron chi connectivity index (χ2n) is 6.98. The summed E-state index contributed by atoms with van der Waals surface area (Å²) in [4.78, 5) is 8.78.